The number of halogens is 2. The van der Waals surface area contributed by atoms with Crippen LogP contribution in [-0.2, 0) is 32.8 Å². The van der Waals surface area contributed by atoms with E-state index in [9.17, 15) is 14.7 Å². The molecule has 2 aromatic carbocycles. The number of pyridine rings is 1. The molecule has 1 saturated heterocycles. The van der Waals surface area contributed by atoms with Gasteiger partial charge in [-0.05, 0) is 59.9 Å². The lowest BCUT2D eigenvalue weighted by molar-refractivity contribution is -0.121. The summed E-state index contributed by atoms with van der Waals surface area (Å²) in [5, 5.41) is 12.9. The number of phenols is 1. The smallest absolute Gasteiger partial charge is 0.247 e. The molecule has 1 spiro atoms. The van der Waals surface area contributed by atoms with Crippen molar-refractivity contribution in [2.75, 3.05) is 43.6 Å². The number of aromatic nitrogens is 1. The quantitative estimate of drug-likeness (QED) is 0.405. The van der Waals surface area contributed by atoms with Crippen LogP contribution in [0.15, 0.2) is 49.2 Å². The zero-order valence-electron chi connectivity index (χ0n) is 23.1. The molecule has 0 unspecified atom stereocenters. The van der Waals surface area contributed by atoms with Gasteiger partial charge in [-0.25, -0.2) is 8.78 Å². The molecule has 0 atom stereocenters. The van der Waals surface area contributed by atoms with Crippen LogP contribution in [0.2, 0.25) is 0 Å². The molecular formula is C31H30F2N4O5. The molecule has 42 heavy (non-hydrogen) atoms. The van der Waals surface area contributed by atoms with Crippen LogP contribution in [0.4, 0.5) is 20.2 Å². The fraction of sp³-hybridized carbons (Fsp3) is 0.323. The number of morpholine rings is 1. The van der Waals surface area contributed by atoms with Gasteiger partial charge in [-0.1, -0.05) is 6.58 Å². The highest BCUT2D eigenvalue weighted by molar-refractivity contribution is 6.05. The topological polar surface area (TPSA) is 104 Å². The minimum absolute atomic E-state index is 0.124. The fourth-order valence-electron chi connectivity index (χ4n) is 5.80. The van der Waals surface area contributed by atoms with Crippen LogP contribution < -0.4 is 15.0 Å². The lowest BCUT2D eigenvalue weighted by atomic mass is 9.85. The molecular weight excluding hydrogens is 546 g/mol. The van der Waals surface area contributed by atoms with E-state index in [-0.39, 0.29) is 18.2 Å². The lowest BCUT2D eigenvalue weighted by Crippen LogP contribution is -2.44. The first-order valence-corrected chi connectivity index (χ1v) is 13.7. The number of hydrogen-bond acceptors (Lipinski definition) is 7. The maximum atomic E-state index is 15.2. The van der Waals surface area contributed by atoms with Crippen LogP contribution in [0.1, 0.15) is 29.5 Å². The monoisotopic (exact) mass is 576 g/mol. The van der Waals surface area contributed by atoms with Gasteiger partial charge in [-0.2, -0.15) is 0 Å². The van der Waals surface area contributed by atoms with Crippen LogP contribution in [0.25, 0.3) is 11.3 Å². The Balaban J connectivity index is 1.39. The van der Waals surface area contributed by atoms with Gasteiger partial charge in [-0.15, -0.1) is 0 Å². The second-order valence-electron chi connectivity index (χ2n) is 10.8. The van der Waals surface area contributed by atoms with Gasteiger partial charge < -0.3 is 24.8 Å². The van der Waals surface area contributed by atoms with Crippen molar-refractivity contribution in [2.45, 2.75) is 31.3 Å². The zero-order valence-corrected chi connectivity index (χ0v) is 23.1. The first-order chi connectivity index (χ1) is 20.2. The first kappa shape index (κ1) is 27.8. The SMILES string of the molecule is C=CC(=O)Nc1cc(CN2CCOCC2)cc(-c2cc3c(cn2)CN(c2c(F)c(O)cc(OC)c2F)C(=O)C32CC2)c1. The summed E-state index contributed by atoms with van der Waals surface area (Å²) in [6.45, 7) is 6.96. The molecule has 6 rings (SSSR count). The van der Waals surface area contributed by atoms with E-state index in [0.29, 0.717) is 49.5 Å². The molecule has 3 heterocycles. The van der Waals surface area contributed by atoms with Crippen LogP contribution >= 0.6 is 0 Å². The molecule has 2 amide bonds. The summed E-state index contributed by atoms with van der Waals surface area (Å²) in [7, 11) is 1.20. The lowest BCUT2D eigenvalue weighted by Gasteiger charge is -2.35. The number of hydrogen-bond donors (Lipinski definition) is 2. The van der Waals surface area contributed by atoms with Crippen molar-refractivity contribution in [1.29, 1.82) is 0 Å². The Morgan fingerprint density at radius 3 is 2.64 bits per heavy atom. The summed E-state index contributed by atoms with van der Waals surface area (Å²) in [4.78, 5) is 33.9. The number of amides is 2. The Morgan fingerprint density at radius 2 is 1.95 bits per heavy atom. The van der Waals surface area contributed by atoms with Gasteiger partial charge >= 0.3 is 0 Å². The number of nitrogens with zero attached hydrogens (tertiary/aromatic N) is 3. The number of rotatable bonds is 7. The maximum Gasteiger partial charge on any atom is 0.247 e. The van der Waals surface area contributed by atoms with Crippen LogP contribution in [0.3, 0.4) is 0 Å². The van der Waals surface area contributed by atoms with Gasteiger partial charge in [0.25, 0.3) is 0 Å². The van der Waals surface area contributed by atoms with Crippen LogP contribution in [-0.4, -0.2) is 60.2 Å². The van der Waals surface area contributed by atoms with E-state index in [4.69, 9.17) is 9.47 Å². The van der Waals surface area contributed by atoms with Crippen molar-refractivity contribution < 1.29 is 33.0 Å². The average molecular weight is 577 g/mol. The van der Waals surface area contributed by atoms with E-state index in [2.05, 4.69) is 21.8 Å². The molecule has 3 aromatic rings. The van der Waals surface area contributed by atoms with Crippen molar-refractivity contribution >= 4 is 23.2 Å². The largest absolute Gasteiger partial charge is 0.505 e. The van der Waals surface area contributed by atoms with Gasteiger partial charge in [0.15, 0.2) is 23.1 Å². The Bertz CT molecular complexity index is 1600. The van der Waals surface area contributed by atoms with Gasteiger partial charge in [0, 0.05) is 43.1 Å². The number of carbonyl (C=O) groups excluding carboxylic acids is 2. The van der Waals surface area contributed by atoms with E-state index < -0.39 is 34.4 Å². The molecule has 9 nitrogen and oxygen atoms in total. The highest BCUT2D eigenvalue weighted by atomic mass is 19.1. The highest BCUT2D eigenvalue weighted by Gasteiger charge is 2.57. The van der Waals surface area contributed by atoms with Crippen molar-refractivity contribution in [3.05, 3.63) is 77.5 Å². The molecule has 3 aliphatic rings. The van der Waals surface area contributed by atoms with Crippen LogP contribution in [0.5, 0.6) is 11.5 Å². The minimum Gasteiger partial charge on any atom is -0.505 e. The van der Waals surface area contributed by atoms with Gasteiger partial charge in [-0.3, -0.25) is 19.5 Å². The van der Waals surface area contributed by atoms with Gasteiger partial charge in [0.05, 0.1) is 38.0 Å². The van der Waals surface area contributed by atoms with Gasteiger partial charge in [0.2, 0.25) is 11.8 Å². The Hall–Kier alpha value is -4.35. The molecule has 1 aromatic heterocycles. The number of aromatic hydroxyl groups is 1. The second-order valence-corrected chi connectivity index (χ2v) is 10.8. The summed E-state index contributed by atoms with van der Waals surface area (Å²) >= 11 is 0. The molecule has 218 valence electrons. The van der Waals surface area contributed by atoms with E-state index in [0.717, 1.165) is 40.7 Å². The molecule has 1 aliphatic carbocycles. The number of fused-ring (bicyclic) bond motifs is 2. The Labute approximate surface area is 241 Å². The van der Waals surface area contributed by atoms with Crippen LogP contribution in [0, 0.1) is 11.6 Å². The molecule has 2 fully saturated rings. The number of nitrogens with one attached hydrogen (secondary N) is 1. The molecule has 2 aliphatic heterocycles. The summed E-state index contributed by atoms with van der Waals surface area (Å²) in [5.41, 5.74) is 2.75. The molecule has 1 saturated carbocycles. The number of benzene rings is 2. The van der Waals surface area contributed by atoms with E-state index in [1.54, 1.807) is 6.20 Å². The standard InChI is InChI=1S/C31H30F2N4O5/c1-3-26(39)35-21-11-18(16-36-6-8-42-9-7-36)10-19(12-21)23-13-22-20(15-34-23)17-37(30(40)31(22)4-5-31)29-27(32)24(38)14-25(41-2)28(29)33/h3,10-15,38H,1,4-9,16-17H2,2H3,(H,35,39). The second kappa shape index (κ2) is 10.8. The van der Waals surface area contributed by atoms with Crippen molar-refractivity contribution in [3.8, 4) is 22.8 Å². The summed E-state index contributed by atoms with van der Waals surface area (Å²) in [6.07, 6.45) is 3.84. The predicted molar refractivity (Wildman–Crippen MR) is 151 cm³/mol. The van der Waals surface area contributed by atoms with E-state index >= 15 is 8.78 Å². The Kier molecular flexibility index (Phi) is 7.15. The number of methoxy groups -OCH3 is 1. The highest BCUT2D eigenvalue weighted by Crippen LogP contribution is 2.55. The summed E-state index contributed by atoms with van der Waals surface area (Å²) in [6, 6.07) is 8.44. The van der Waals surface area contributed by atoms with Crippen molar-refractivity contribution in [2.24, 2.45) is 0 Å². The summed E-state index contributed by atoms with van der Waals surface area (Å²) in [5.74, 6) is -4.24. The van der Waals surface area contributed by atoms with Crippen molar-refractivity contribution in [3.63, 3.8) is 0 Å². The van der Waals surface area contributed by atoms with Gasteiger partial charge in [0.1, 0.15) is 5.69 Å². The predicted octanol–water partition coefficient (Wildman–Crippen LogP) is 4.28. The third kappa shape index (κ3) is 4.88. The molecule has 0 radical (unpaired) electrons. The minimum atomic E-state index is -1.23. The number of anilines is 2. The number of phenolic OH excluding ortho intramolecular Hbond substituents is 1. The average Bonchev–Trinajstić information content (AvgIpc) is 3.79. The molecule has 0 bridgehead atoms. The van der Waals surface area contributed by atoms with E-state index in [1.165, 1.54) is 13.2 Å². The normalized spacial score (nSPS) is 17.6. The number of carbonyl (C=O) groups is 2. The summed E-state index contributed by atoms with van der Waals surface area (Å²) < 4.78 is 40.7. The Morgan fingerprint density at radius 1 is 1.19 bits per heavy atom. The van der Waals surface area contributed by atoms with Crippen molar-refractivity contribution in [1.82, 2.24) is 9.88 Å². The number of ether oxygens (including phenoxy) is 2. The molecule has 11 heteroatoms. The fourth-order valence-corrected chi connectivity index (χ4v) is 5.80. The third-order valence-electron chi connectivity index (χ3n) is 8.10. The molecule has 2 N–H and O–H groups in total. The third-order valence-corrected chi connectivity index (χ3v) is 8.10. The van der Waals surface area contributed by atoms with E-state index in [1.807, 2.05) is 24.3 Å². The first-order valence-electron chi connectivity index (χ1n) is 13.7. The maximum absolute atomic E-state index is 15.2. The zero-order chi connectivity index (χ0) is 29.6.